The van der Waals surface area contributed by atoms with Gasteiger partial charge in [0.25, 0.3) is 0 Å². The molecule has 3 atom stereocenters. The Morgan fingerprint density at radius 1 is 1.18 bits per heavy atom. The van der Waals surface area contributed by atoms with Crippen LogP contribution in [0.4, 0.5) is 0 Å². The molecule has 1 saturated carbocycles. The molecule has 0 aromatic carbocycles. The summed E-state index contributed by atoms with van der Waals surface area (Å²) in [5.41, 5.74) is 0. The molecule has 0 aliphatic heterocycles. The maximum absolute atomic E-state index is 12.1. The highest BCUT2D eigenvalue weighted by Gasteiger charge is 2.37. The van der Waals surface area contributed by atoms with Crippen molar-refractivity contribution in [3.63, 3.8) is 0 Å². The number of hydrogen-bond acceptors (Lipinski definition) is 3. The second kappa shape index (κ2) is 6.74. The molecule has 102 valence electrons. The largest absolute Gasteiger partial charge is 0.313 e. The van der Waals surface area contributed by atoms with Crippen LogP contribution in [0.1, 0.15) is 52.9 Å². The van der Waals surface area contributed by atoms with Gasteiger partial charge in [0.05, 0.1) is 5.25 Å². The zero-order valence-electron chi connectivity index (χ0n) is 11.4. The molecule has 0 saturated heterocycles. The first-order chi connectivity index (χ1) is 8.05. The van der Waals surface area contributed by atoms with Crippen LogP contribution in [0.15, 0.2) is 0 Å². The molecule has 3 unspecified atom stereocenters. The van der Waals surface area contributed by atoms with Gasteiger partial charge in [-0.15, -0.1) is 0 Å². The van der Waals surface area contributed by atoms with E-state index in [0.717, 1.165) is 32.2 Å². The van der Waals surface area contributed by atoms with Crippen LogP contribution in [-0.4, -0.2) is 32.0 Å². The number of nitrogens with one attached hydrogen (secondary N) is 1. The first kappa shape index (κ1) is 15.0. The lowest BCUT2D eigenvalue weighted by Gasteiger charge is -2.36. The minimum atomic E-state index is -2.91. The van der Waals surface area contributed by atoms with Crippen molar-refractivity contribution in [2.45, 2.75) is 64.2 Å². The minimum absolute atomic E-state index is 0.155. The fourth-order valence-electron chi connectivity index (χ4n) is 2.76. The molecule has 0 aromatic heterocycles. The molecule has 1 fully saturated rings. The molecule has 0 heterocycles. The summed E-state index contributed by atoms with van der Waals surface area (Å²) in [6.45, 7) is 6.98. The highest BCUT2D eigenvalue weighted by molar-refractivity contribution is 7.92. The molecular weight excluding hydrogens is 234 g/mol. The molecule has 0 bridgehead atoms. The average molecular weight is 261 g/mol. The highest BCUT2D eigenvalue weighted by Crippen LogP contribution is 2.31. The van der Waals surface area contributed by atoms with Gasteiger partial charge in [-0.25, -0.2) is 8.42 Å². The Morgan fingerprint density at radius 3 is 2.41 bits per heavy atom. The lowest BCUT2D eigenvalue weighted by molar-refractivity contribution is 0.287. The second-order valence-corrected chi connectivity index (χ2v) is 7.65. The first-order valence-corrected chi connectivity index (χ1v) is 8.71. The predicted octanol–water partition coefficient (Wildman–Crippen LogP) is 2.37. The molecule has 0 amide bonds. The van der Waals surface area contributed by atoms with Crippen molar-refractivity contribution in [3.8, 4) is 0 Å². The van der Waals surface area contributed by atoms with Gasteiger partial charge in [-0.05, 0) is 38.1 Å². The third-order valence-corrected chi connectivity index (χ3v) is 6.25. The van der Waals surface area contributed by atoms with Crippen LogP contribution in [0.3, 0.4) is 0 Å². The summed E-state index contributed by atoms with van der Waals surface area (Å²) >= 11 is 0. The van der Waals surface area contributed by atoms with Gasteiger partial charge >= 0.3 is 0 Å². The average Bonchev–Trinajstić information content (AvgIpc) is 2.36. The summed E-state index contributed by atoms with van der Waals surface area (Å²) in [6, 6.07) is 0.183. The Balaban J connectivity index is 2.75. The summed E-state index contributed by atoms with van der Waals surface area (Å²) in [7, 11) is -2.91. The zero-order chi connectivity index (χ0) is 12.9. The number of rotatable bonds is 6. The molecule has 1 aliphatic carbocycles. The van der Waals surface area contributed by atoms with E-state index in [1.165, 1.54) is 6.42 Å². The quantitative estimate of drug-likeness (QED) is 0.798. The molecule has 4 heteroatoms. The SMILES string of the molecule is CCCNC1CCC(CC)CC1S(=O)(=O)CC. The third-order valence-electron chi connectivity index (χ3n) is 4.00. The third kappa shape index (κ3) is 3.95. The van der Waals surface area contributed by atoms with Crippen molar-refractivity contribution in [2.75, 3.05) is 12.3 Å². The summed E-state index contributed by atoms with van der Waals surface area (Å²) in [6.07, 6.45) is 5.22. The van der Waals surface area contributed by atoms with Gasteiger partial charge in [-0.1, -0.05) is 27.2 Å². The zero-order valence-corrected chi connectivity index (χ0v) is 12.2. The Kier molecular flexibility index (Phi) is 5.93. The Morgan fingerprint density at radius 2 is 1.88 bits per heavy atom. The van der Waals surface area contributed by atoms with E-state index in [1.54, 1.807) is 6.92 Å². The fraction of sp³-hybridized carbons (Fsp3) is 1.00. The molecule has 0 spiro atoms. The molecule has 1 rings (SSSR count). The molecule has 1 N–H and O–H groups in total. The molecule has 0 aromatic rings. The van der Waals surface area contributed by atoms with Crippen LogP contribution in [0.25, 0.3) is 0 Å². The maximum atomic E-state index is 12.1. The topological polar surface area (TPSA) is 46.2 Å². The van der Waals surface area contributed by atoms with Crippen molar-refractivity contribution in [3.05, 3.63) is 0 Å². The van der Waals surface area contributed by atoms with Crippen molar-refractivity contribution in [2.24, 2.45) is 5.92 Å². The molecular formula is C13H27NO2S. The van der Waals surface area contributed by atoms with Gasteiger partial charge in [0.2, 0.25) is 0 Å². The van der Waals surface area contributed by atoms with Gasteiger partial charge in [-0.3, -0.25) is 0 Å². The number of sulfone groups is 1. The first-order valence-electron chi connectivity index (χ1n) is 7.00. The predicted molar refractivity (Wildman–Crippen MR) is 73.0 cm³/mol. The van der Waals surface area contributed by atoms with Gasteiger partial charge in [0.15, 0.2) is 9.84 Å². The van der Waals surface area contributed by atoms with Crippen molar-refractivity contribution >= 4 is 9.84 Å². The van der Waals surface area contributed by atoms with Crippen molar-refractivity contribution in [1.82, 2.24) is 5.32 Å². The van der Waals surface area contributed by atoms with Crippen LogP contribution in [-0.2, 0) is 9.84 Å². The summed E-state index contributed by atoms with van der Waals surface area (Å²) in [5.74, 6) is 0.874. The molecule has 17 heavy (non-hydrogen) atoms. The van der Waals surface area contributed by atoms with E-state index in [2.05, 4.69) is 19.2 Å². The van der Waals surface area contributed by atoms with Crippen LogP contribution in [0, 0.1) is 5.92 Å². The summed E-state index contributed by atoms with van der Waals surface area (Å²) in [5, 5.41) is 3.27. The lowest BCUT2D eigenvalue weighted by Crippen LogP contribution is -2.48. The van der Waals surface area contributed by atoms with Gasteiger partial charge in [-0.2, -0.15) is 0 Å². The molecule has 0 radical (unpaired) electrons. The normalized spacial score (nSPS) is 30.4. The highest BCUT2D eigenvalue weighted by atomic mass is 32.2. The second-order valence-electron chi connectivity index (χ2n) is 5.14. The van der Waals surface area contributed by atoms with E-state index in [4.69, 9.17) is 0 Å². The lowest BCUT2D eigenvalue weighted by atomic mass is 9.84. The van der Waals surface area contributed by atoms with Crippen LogP contribution >= 0.6 is 0 Å². The van der Waals surface area contributed by atoms with Gasteiger partial charge in [0.1, 0.15) is 0 Å². The fourth-order valence-corrected chi connectivity index (χ4v) is 4.48. The Hall–Kier alpha value is -0.0900. The van der Waals surface area contributed by atoms with Crippen molar-refractivity contribution < 1.29 is 8.42 Å². The monoisotopic (exact) mass is 261 g/mol. The molecule has 1 aliphatic rings. The summed E-state index contributed by atoms with van der Waals surface area (Å²) < 4.78 is 24.3. The van der Waals surface area contributed by atoms with E-state index >= 15 is 0 Å². The Labute approximate surface area is 106 Å². The van der Waals surface area contributed by atoms with Crippen LogP contribution in [0.5, 0.6) is 0 Å². The van der Waals surface area contributed by atoms with E-state index in [9.17, 15) is 8.42 Å². The summed E-state index contributed by atoms with van der Waals surface area (Å²) in [4.78, 5) is 0. The van der Waals surface area contributed by atoms with E-state index in [1.807, 2.05) is 0 Å². The maximum Gasteiger partial charge on any atom is 0.154 e. The van der Waals surface area contributed by atoms with E-state index in [0.29, 0.717) is 5.92 Å². The molecule has 3 nitrogen and oxygen atoms in total. The van der Waals surface area contributed by atoms with E-state index in [-0.39, 0.29) is 17.0 Å². The van der Waals surface area contributed by atoms with E-state index < -0.39 is 9.84 Å². The minimum Gasteiger partial charge on any atom is -0.313 e. The standard InChI is InChI=1S/C13H27NO2S/c1-4-9-14-12-8-7-11(5-2)10-13(12)17(15,16)6-3/h11-14H,4-10H2,1-3H3. The van der Waals surface area contributed by atoms with Gasteiger partial charge in [0, 0.05) is 11.8 Å². The van der Waals surface area contributed by atoms with Crippen LogP contribution in [0.2, 0.25) is 0 Å². The Bertz CT molecular complexity index is 313. The number of hydrogen-bond donors (Lipinski definition) is 1. The van der Waals surface area contributed by atoms with Crippen molar-refractivity contribution in [1.29, 1.82) is 0 Å². The van der Waals surface area contributed by atoms with Gasteiger partial charge < -0.3 is 5.32 Å². The smallest absolute Gasteiger partial charge is 0.154 e. The van der Waals surface area contributed by atoms with Crippen LogP contribution < -0.4 is 5.32 Å².